The topological polar surface area (TPSA) is 44.2 Å². The Morgan fingerprint density at radius 3 is 2.42 bits per heavy atom. The fourth-order valence-electron chi connectivity index (χ4n) is 2.47. The molecule has 0 amide bonds. The van der Waals surface area contributed by atoms with Crippen molar-refractivity contribution in [1.29, 1.82) is 0 Å². The first-order valence-electron chi connectivity index (χ1n) is 7.46. The summed E-state index contributed by atoms with van der Waals surface area (Å²) in [6.45, 7) is 0. The van der Waals surface area contributed by atoms with Crippen molar-refractivity contribution in [1.82, 2.24) is 9.97 Å². The van der Waals surface area contributed by atoms with Crippen LogP contribution in [-0.4, -0.2) is 17.1 Å². The molecule has 2 aromatic heterocycles. The van der Waals surface area contributed by atoms with Gasteiger partial charge in [0, 0.05) is 4.88 Å². The fourth-order valence-corrected chi connectivity index (χ4v) is 3.46. The zero-order chi connectivity index (χ0) is 16.4. The lowest BCUT2D eigenvalue weighted by molar-refractivity contribution is 0.375. The van der Waals surface area contributed by atoms with Crippen LogP contribution in [-0.2, 0) is 0 Å². The molecule has 24 heavy (non-hydrogen) atoms. The van der Waals surface area contributed by atoms with E-state index in [0.717, 1.165) is 20.7 Å². The molecular formula is C19H14N2O2S. The van der Waals surface area contributed by atoms with Crippen LogP contribution in [0, 0.1) is 0 Å². The summed E-state index contributed by atoms with van der Waals surface area (Å²) in [5.74, 6) is 1.83. The Labute approximate surface area is 143 Å². The average molecular weight is 334 g/mol. The lowest BCUT2D eigenvalue weighted by atomic mass is 10.2. The minimum atomic E-state index is 0.530. The number of hydrogen-bond acceptors (Lipinski definition) is 5. The smallest absolute Gasteiger partial charge is 0.231 e. The lowest BCUT2D eigenvalue weighted by Gasteiger charge is -2.09. The van der Waals surface area contributed by atoms with Crippen LogP contribution in [0.5, 0.6) is 17.4 Å². The first-order chi connectivity index (χ1) is 11.8. The second kappa shape index (κ2) is 6.29. The van der Waals surface area contributed by atoms with Gasteiger partial charge < -0.3 is 9.47 Å². The summed E-state index contributed by atoms with van der Waals surface area (Å²) in [4.78, 5) is 10.7. The van der Waals surface area contributed by atoms with Gasteiger partial charge in [-0.2, -0.15) is 0 Å². The standard InChI is InChI=1S/C19H14N2O2S/c1-22-15-9-5-6-10-16(15)23-18-14-11-17(13-7-3-2-4-8-13)24-19(14)21-12-20-18/h2-12H,1H3. The summed E-state index contributed by atoms with van der Waals surface area (Å²) >= 11 is 1.62. The van der Waals surface area contributed by atoms with Crippen LogP contribution >= 0.6 is 11.3 Å². The molecule has 0 N–H and O–H groups in total. The van der Waals surface area contributed by atoms with Crippen molar-refractivity contribution in [2.24, 2.45) is 0 Å². The van der Waals surface area contributed by atoms with Crippen molar-refractivity contribution in [2.45, 2.75) is 0 Å². The van der Waals surface area contributed by atoms with E-state index in [0.29, 0.717) is 17.4 Å². The molecule has 0 aliphatic rings. The van der Waals surface area contributed by atoms with Gasteiger partial charge in [-0.3, -0.25) is 0 Å². The van der Waals surface area contributed by atoms with E-state index in [4.69, 9.17) is 9.47 Å². The van der Waals surface area contributed by atoms with E-state index in [2.05, 4.69) is 28.2 Å². The number of methoxy groups -OCH3 is 1. The number of fused-ring (bicyclic) bond motifs is 1. The quantitative estimate of drug-likeness (QED) is 0.517. The molecule has 0 spiro atoms. The molecule has 5 heteroatoms. The highest BCUT2D eigenvalue weighted by molar-refractivity contribution is 7.21. The molecular weight excluding hydrogens is 320 g/mol. The number of ether oxygens (including phenoxy) is 2. The van der Waals surface area contributed by atoms with E-state index in [1.807, 2.05) is 42.5 Å². The van der Waals surface area contributed by atoms with Crippen molar-refractivity contribution in [2.75, 3.05) is 7.11 Å². The Morgan fingerprint density at radius 1 is 0.875 bits per heavy atom. The highest BCUT2D eigenvalue weighted by atomic mass is 32.1. The molecule has 0 aliphatic heterocycles. The van der Waals surface area contributed by atoms with Crippen LogP contribution in [0.3, 0.4) is 0 Å². The molecule has 0 saturated carbocycles. The molecule has 0 unspecified atom stereocenters. The van der Waals surface area contributed by atoms with E-state index in [-0.39, 0.29) is 0 Å². The van der Waals surface area contributed by atoms with Crippen molar-refractivity contribution in [3.63, 3.8) is 0 Å². The maximum atomic E-state index is 5.99. The predicted molar refractivity (Wildman–Crippen MR) is 95.9 cm³/mol. The molecule has 0 atom stereocenters. The molecule has 2 aromatic carbocycles. The Bertz CT molecular complexity index is 983. The monoisotopic (exact) mass is 334 g/mol. The highest BCUT2D eigenvalue weighted by Crippen LogP contribution is 2.38. The van der Waals surface area contributed by atoms with Gasteiger partial charge in [0.25, 0.3) is 0 Å². The van der Waals surface area contributed by atoms with Crippen molar-refractivity contribution < 1.29 is 9.47 Å². The zero-order valence-corrected chi connectivity index (χ0v) is 13.8. The normalized spacial score (nSPS) is 10.7. The molecule has 4 nitrogen and oxygen atoms in total. The number of hydrogen-bond donors (Lipinski definition) is 0. The van der Waals surface area contributed by atoms with Crippen LogP contribution in [0.4, 0.5) is 0 Å². The van der Waals surface area contributed by atoms with Crippen molar-refractivity contribution in [3.05, 3.63) is 67.0 Å². The molecule has 4 aromatic rings. The number of benzene rings is 2. The van der Waals surface area contributed by atoms with Gasteiger partial charge in [-0.1, -0.05) is 42.5 Å². The summed E-state index contributed by atoms with van der Waals surface area (Å²) in [7, 11) is 1.62. The Balaban J connectivity index is 1.78. The summed E-state index contributed by atoms with van der Waals surface area (Å²) in [6.07, 6.45) is 1.53. The average Bonchev–Trinajstić information content (AvgIpc) is 3.08. The lowest BCUT2D eigenvalue weighted by Crippen LogP contribution is -1.92. The van der Waals surface area contributed by atoms with Gasteiger partial charge in [0.2, 0.25) is 5.88 Å². The molecule has 118 valence electrons. The van der Waals surface area contributed by atoms with Gasteiger partial charge in [-0.25, -0.2) is 9.97 Å². The van der Waals surface area contributed by atoms with E-state index in [1.54, 1.807) is 18.4 Å². The predicted octanol–water partition coefficient (Wildman–Crippen LogP) is 5.16. The van der Waals surface area contributed by atoms with Crippen LogP contribution in [0.15, 0.2) is 67.0 Å². The summed E-state index contributed by atoms with van der Waals surface area (Å²) in [5.41, 5.74) is 1.16. The SMILES string of the molecule is COc1ccccc1Oc1ncnc2sc(-c3ccccc3)cc12. The van der Waals surface area contributed by atoms with Gasteiger partial charge in [0.05, 0.1) is 12.5 Å². The minimum absolute atomic E-state index is 0.530. The van der Waals surface area contributed by atoms with E-state index < -0.39 is 0 Å². The second-order valence-electron chi connectivity index (χ2n) is 5.13. The maximum absolute atomic E-state index is 5.99. The summed E-state index contributed by atoms with van der Waals surface area (Å²) in [6, 6.07) is 19.8. The van der Waals surface area contributed by atoms with E-state index in [9.17, 15) is 0 Å². The van der Waals surface area contributed by atoms with E-state index >= 15 is 0 Å². The highest BCUT2D eigenvalue weighted by Gasteiger charge is 2.13. The van der Waals surface area contributed by atoms with Crippen molar-refractivity contribution >= 4 is 21.6 Å². The maximum Gasteiger partial charge on any atom is 0.231 e. The van der Waals surface area contributed by atoms with E-state index in [1.165, 1.54) is 6.33 Å². The van der Waals surface area contributed by atoms with Gasteiger partial charge in [-0.05, 0) is 23.8 Å². The zero-order valence-electron chi connectivity index (χ0n) is 13.0. The number of rotatable bonds is 4. The van der Waals surface area contributed by atoms with Crippen LogP contribution in [0.2, 0.25) is 0 Å². The Kier molecular flexibility index (Phi) is 3.84. The first kappa shape index (κ1) is 14.7. The number of thiophene rings is 1. The largest absolute Gasteiger partial charge is 0.493 e. The number of nitrogens with zero attached hydrogens (tertiary/aromatic N) is 2. The first-order valence-corrected chi connectivity index (χ1v) is 8.27. The van der Waals surface area contributed by atoms with Gasteiger partial charge in [0.1, 0.15) is 11.2 Å². The van der Waals surface area contributed by atoms with Gasteiger partial charge >= 0.3 is 0 Å². The molecule has 0 radical (unpaired) electrons. The molecule has 0 saturated heterocycles. The molecule has 2 heterocycles. The fraction of sp³-hybridized carbons (Fsp3) is 0.0526. The summed E-state index contributed by atoms with van der Waals surface area (Å²) < 4.78 is 11.3. The Morgan fingerprint density at radius 2 is 1.62 bits per heavy atom. The molecule has 0 bridgehead atoms. The van der Waals surface area contributed by atoms with Crippen molar-refractivity contribution in [3.8, 4) is 27.8 Å². The van der Waals surface area contributed by atoms with Gasteiger partial charge in [-0.15, -0.1) is 11.3 Å². The van der Waals surface area contributed by atoms with Crippen LogP contribution in [0.1, 0.15) is 0 Å². The second-order valence-corrected chi connectivity index (χ2v) is 6.16. The third-order valence-corrected chi connectivity index (χ3v) is 4.72. The number of aromatic nitrogens is 2. The molecule has 4 rings (SSSR count). The van der Waals surface area contributed by atoms with Crippen LogP contribution < -0.4 is 9.47 Å². The Hall–Kier alpha value is -2.92. The minimum Gasteiger partial charge on any atom is -0.493 e. The summed E-state index contributed by atoms with van der Waals surface area (Å²) in [5, 5.41) is 0.896. The number of para-hydroxylation sites is 2. The molecule has 0 fully saturated rings. The third-order valence-electron chi connectivity index (χ3n) is 3.63. The van der Waals surface area contributed by atoms with Crippen LogP contribution in [0.25, 0.3) is 20.7 Å². The van der Waals surface area contributed by atoms with Gasteiger partial charge in [0.15, 0.2) is 11.5 Å². The third kappa shape index (κ3) is 2.70. The molecule has 0 aliphatic carbocycles.